The summed E-state index contributed by atoms with van der Waals surface area (Å²) in [6.07, 6.45) is 0.957. The zero-order valence-electron chi connectivity index (χ0n) is 15.0. The number of amides is 1. The van der Waals surface area contributed by atoms with Crippen LogP contribution in [0.4, 0.5) is 0 Å². The minimum absolute atomic E-state index is 0.0618. The lowest BCUT2D eigenvalue weighted by Crippen LogP contribution is -2.41. The first-order chi connectivity index (χ1) is 12.7. The van der Waals surface area contributed by atoms with Crippen molar-refractivity contribution in [3.8, 4) is 5.75 Å². The standard InChI is InChI=1S/C19H24ClN3O3/c1-2-13-12-23-16(11-14-15(20)3-4-17(26-13)18(14)23)19(24)21-5-6-22-7-9-25-10-8-22/h3-4,11,13H,2,5-10,12H2,1H3,(H,21,24)/t13-/m0/s1. The van der Waals surface area contributed by atoms with Crippen molar-refractivity contribution in [2.24, 2.45) is 0 Å². The van der Waals surface area contributed by atoms with Crippen LogP contribution in [0.1, 0.15) is 23.8 Å². The third-order valence-corrected chi connectivity index (χ3v) is 5.48. The van der Waals surface area contributed by atoms with Crippen molar-refractivity contribution in [3.63, 3.8) is 0 Å². The van der Waals surface area contributed by atoms with Crippen LogP contribution in [0.2, 0.25) is 5.02 Å². The zero-order chi connectivity index (χ0) is 18.1. The van der Waals surface area contributed by atoms with Gasteiger partial charge in [0.25, 0.3) is 5.91 Å². The molecule has 26 heavy (non-hydrogen) atoms. The SMILES string of the molecule is CC[C@H]1Cn2c(C(=O)NCCN3CCOCC3)cc3c(Cl)ccc(c32)O1. The molecule has 1 atom stereocenters. The average Bonchev–Trinajstić information content (AvgIpc) is 3.06. The largest absolute Gasteiger partial charge is 0.486 e. The minimum atomic E-state index is -0.0618. The molecule has 0 unspecified atom stereocenters. The van der Waals surface area contributed by atoms with Crippen LogP contribution in [0.5, 0.6) is 5.75 Å². The quantitative estimate of drug-likeness (QED) is 0.870. The van der Waals surface area contributed by atoms with E-state index in [4.69, 9.17) is 21.1 Å². The van der Waals surface area contributed by atoms with E-state index in [2.05, 4.69) is 21.7 Å². The Hall–Kier alpha value is -1.76. The van der Waals surface area contributed by atoms with Gasteiger partial charge in [-0.1, -0.05) is 18.5 Å². The van der Waals surface area contributed by atoms with Gasteiger partial charge in [0.15, 0.2) is 0 Å². The molecule has 1 saturated heterocycles. The fourth-order valence-corrected chi connectivity index (χ4v) is 3.87. The number of benzene rings is 1. The maximum atomic E-state index is 12.8. The highest BCUT2D eigenvalue weighted by molar-refractivity contribution is 6.36. The van der Waals surface area contributed by atoms with Crippen LogP contribution in [0, 0.1) is 0 Å². The Morgan fingerprint density at radius 3 is 2.92 bits per heavy atom. The molecular weight excluding hydrogens is 354 g/mol. The van der Waals surface area contributed by atoms with Gasteiger partial charge in [-0.25, -0.2) is 0 Å². The number of nitrogens with zero attached hydrogens (tertiary/aromatic N) is 2. The predicted molar refractivity (Wildman–Crippen MR) is 101 cm³/mol. The van der Waals surface area contributed by atoms with Crippen molar-refractivity contribution >= 4 is 28.4 Å². The van der Waals surface area contributed by atoms with E-state index in [1.807, 2.05) is 18.2 Å². The van der Waals surface area contributed by atoms with E-state index < -0.39 is 0 Å². The Morgan fingerprint density at radius 1 is 1.35 bits per heavy atom. The number of halogens is 1. The summed E-state index contributed by atoms with van der Waals surface area (Å²) < 4.78 is 13.4. The zero-order valence-corrected chi connectivity index (χ0v) is 15.7. The van der Waals surface area contributed by atoms with Gasteiger partial charge in [0.05, 0.1) is 30.3 Å². The maximum Gasteiger partial charge on any atom is 0.267 e. The number of ether oxygens (including phenoxy) is 2. The normalized spacial score (nSPS) is 20.2. The number of hydrogen-bond acceptors (Lipinski definition) is 4. The molecule has 140 valence electrons. The van der Waals surface area contributed by atoms with Crippen molar-refractivity contribution in [3.05, 3.63) is 28.9 Å². The molecular formula is C19H24ClN3O3. The number of aromatic nitrogens is 1. The third kappa shape index (κ3) is 3.29. The van der Waals surface area contributed by atoms with E-state index in [0.29, 0.717) is 23.8 Å². The van der Waals surface area contributed by atoms with Crippen LogP contribution in [-0.4, -0.2) is 60.9 Å². The van der Waals surface area contributed by atoms with Crippen LogP contribution in [0.15, 0.2) is 18.2 Å². The monoisotopic (exact) mass is 377 g/mol. The number of hydrogen-bond donors (Lipinski definition) is 1. The molecule has 0 spiro atoms. The smallest absolute Gasteiger partial charge is 0.267 e. The molecule has 7 heteroatoms. The summed E-state index contributed by atoms with van der Waals surface area (Å²) in [6.45, 7) is 7.59. The Labute approximate surface area is 158 Å². The van der Waals surface area contributed by atoms with Gasteiger partial charge < -0.3 is 19.4 Å². The number of carbonyl (C=O) groups excluding carboxylic acids is 1. The van der Waals surface area contributed by atoms with E-state index >= 15 is 0 Å². The van der Waals surface area contributed by atoms with Gasteiger partial charge in [0, 0.05) is 31.6 Å². The van der Waals surface area contributed by atoms with Crippen LogP contribution in [-0.2, 0) is 11.3 Å². The average molecular weight is 378 g/mol. The molecule has 1 amide bonds. The highest BCUT2D eigenvalue weighted by Gasteiger charge is 2.27. The van der Waals surface area contributed by atoms with Gasteiger partial charge in [-0.2, -0.15) is 0 Å². The van der Waals surface area contributed by atoms with Crippen LogP contribution >= 0.6 is 11.6 Å². The molecule has 0 saturated carbocycles. The van der Waals surface area contributed by atoms with E-state index in [1.165, 1.54) is 0 Å². The third-order valence-electron chi connectivity index (χ3n) is 5.15. The van der Waals surface area contributed by atoms with Crippen LogP contribution < -0.4 is 10.1 Å². The van der Waals surface area contributed by atoms with Gasteiger partial charge in [0.1, 0.15) is 17.5 Å². The van der Waals surface area contributed by atoms with Gasteiger partial charge in [0.2, 0.25) is 0 Å². The van der Waals surface area contributed by atoms with Crippen molar-refractivity contribution in [2.75, 3.05) is 39.4 Å². The molecule has 4 rings (SSSR count). The Morgan fingerprint density at radius 2 is 2.15 bits per heavy atom. The van der Waals surface area contributed by atoms with E-state index in [0.717, 1.165) is 55.9 Å². The molecule has 2 aliphatic rings. The minimum Gasteiger partial charge on any atom is -0.486 e. The molecule has 0 radical (unpaired) electrons. The van der Waals surface area contributed by atoms with Gasteiger partial charge in [-0.15, -0.1) is 0 Å². The second-order valence-corrected chi connectivity index (χ2v) is 7.21. The molecule has 2 aliphatic heterocycles. The summed E-state index contributed by atoms with van der Waals surface area (Å²) in [5, 5.41) is 4.57. The summed E-state index contributed by atoms with van der Waals surface area (Å²) in [5.74, 6) is 0.739. The fraction of sp³-hybridized carbons (Fsp3) is 0.526. The van der Waals surface area contributed by atoms with E-state index in [1.54, 1.807) is 0 Å². The number of nitrogens with one attached hydrogen (secondary N) is 1. The molecule has 6 nitrogen and oxygen atoms in total. The lowest BCUT2D eigenvalue weighted by molar-refractivity contribution is 0.0383. The number of carbonyl (C=O) groups is 1. The first-order valence-electron chi connectivity index (χ1n) is 9.24. The molecule has 3 heterocycles. The molecule has 1 aromatic carbocycles. The maximum absolute atomic E-state index is 12.8. The molecule has 1 fully saturated rings. The summed E-state index contributed by atoms with van der Waals surface area (Å²) in [7, 11) is 0. The Balaban J connectivity index is 1.53. The molecule has 0 bridgehead atoms. The second kappa shape index (κ2) is 7.47. The summed E-state index contributed by atoms with van der Waals surface area (Å²) in [6, 6.07) is 5.61. The van der Waals surface area contributed by atoms with Crippen LogP contribution in [0.3, 0.4) is 0 Å². The lowest BCUT2D eigenvalue weighted by atomic mass is 10.2. The molecule has 0 aliphatic carbocycles. The Kier molecular flexibility index (Phi) is 5.07. The van der Waals surface area contributed by atoms with Crippen molar-refractivity contribution in [2.45, 2.75) is 26.0 Å². The van der Waals surface area contributed by atoms with Gasteiger partial charge in [-0.3, -0.25) is 9.69 Å². The number of morpholine rings is 1. The molecule has 2 aromatic rings. The van der Waals surface area contributed by atoms with Crippen LogP contribution in [0.25, 0.3) is 10.9 Å². The summed E-state index contributed by atoms with van der Waals surface area (Å²) in [5.41, 5.74) is 1.57. The summed E-state index contributed by atoms with van der Waals surface area (Å²) in [4.78, 5) is 15.1. The molecule has 1 aromatic heterocycles. The molecule has 1 N–H and O–H groups in total. The second-order valence-electron chi connectivity index (χ2n) is 6.81. The first kappa shape index (κ1) is 17.6. The topological polar surface area (TPSA) is 55.7 Å². The van der Waals surface area contributed by atoms with Gasteiger partial charge >= 0.3 is 0 Å². The summed E-state index contributed by atoms with van der Waals surface area (Å²) >= 11 is 6.36. The first-order valence-corrected chi connectivity index (χ1v) is 9.62. The highest BCUT2D eigenvalue weighted by atomic mass is 35.5. The van der Waals surface area contributed by atoms with Crippen molar-refractivity contribution in [1.29, 1.82) is 0 Å². The van der Waals surface area contributed by atoms with Crippen molar-refractivity contribution in [1.82, 2.24) is 14.8 Å². The highest BCUT2D eigenvalue weighted by Crippen LogP contribution is 2.38. The van der Waals surface area contributed by atoms with Gasteiger partial charge in [-0.05, 0) is 24.6 Å². The predicted octanol–water partition coefficient (Wildman–Crippen LogP) is 2.53. The fourth-order valence-electron chi connectivity index (χ4n) is 3.66. The Bertz CT molecular complexity index is 814. The van der Waals surface area contributed by atoms with Crippen molar-refractivity contribution < 1.29 is 14.3 Å². The lowest BCUT2D eigenvalue weighted by Gasteiger charge is -2.27. The number of rotatable bonds is 5. The van der Waals surface area contributed by atoms with E-state index in [9.17, 15) is 4.79 Å². The van der Waals surface area contributed by atoms with E-state index in [-0.39, 0.29) is 12.0 Å².